The quantitative estimate of drug-likeness (QED) is 0.473. The molecule has 0 saturated heterocycles. The highest BCUT2D eigenvalue weighted by atomic mass is 19.1. The van der Waals surface area contributed by atoms with Crippen molar-refractivity contribution in [2.45, 2.75) is 13.3 Å². The molecule has 0 saturated carbocycles. The van der Waals surface area contributed by atoms with Gasteiger partial charge in [0.2, 0.25) is 0 Å². The second kappa shape index (κ2) is 2.29. The minimum Gasteiger partial charge on any atom is -0.212 e. The van der Waals surface area contributed by atoms with Crippen molar-refractivity contribution in [1.29, 1.82) is 0 Å². The van der Waals surface area contributed by atoms with Crippen LogP contribution in [0.3, 0.4) is 0 Å². The molecule has 0 aromatic rings. The summed E-state index contributed by atoms with van der Waals surface area (Å²) in [5, 5.41) is 0. The average Bonchev–Trinajstić information content (AvgIpc) is 1.59. The molecule has 0 N–H and O–H groups in total. The van der Waals surface area contributed by atoms with E-state index in [0.717, 1.165) is 6.08 Å². The standard InChI is InChI=1S/C7H8F2/c1-5-2-6(8)4-7(9)3-5/h2,4-5H,3H2,1H3. The maximum Gasteiger partial charge on any atom is 0.122 e. The van der Waals surface area contributed by atoms with Crippen LogP contribution in [-0.2, 0) is 0 Å². The zero-order valence-corrected chi connectivity index (χ0v) is 5.20. The molecule has 0 spiro atoms. The largest absolute Gasteiger partial charge is 0.212 e. The molecule has 9 heavy (non-hydrogen) atoms. The van der Waals surface area contributed by atoms with Gasteiger partial charge >= 0.3 is 0 Å². The van der Waals surface area contributed by atoms with Gasteiger partial charge in [-0.2, -0.15) is 0 Å². The highest BCUT2D eigenvalue weighted by Crippen LogP contribution is 2.23. The van der Waals surface area contributed by atoms with Crippen molar-refractivity contribution < 1.29 is 8.78 Å². The predicted octanol–water partition coefficient (Wildman–Crippen LogP) is 2.73. The van der Waals surface area contributed by atoms with E-state index in [2.05, 4.69) is 0 Å². The molecule has 50 valence electrons. The number of allylic oxidation sites excluding steroid dienone is 4. The molecule has 0 aliphatic heterocycles. The summed E-state index contributed by atoms with van der Waals surface area (Å²) in [6, 6.07) is 0. The Labute approximate surface area is 52.9 Å². The molecule has 1 rings (SSSR count). The molecule has 1 atom stereocenters. The van der Waals surface area contributed by atoms with Crippen LogP contribution in [0.15, 0.2) is 23.8 Å². The molecular weight excluding hydrogens is 122 g/mol. The van der Waals surface area contributed by atoms with Crippen molar-refractivity contribution in [3.63, 3.8) is 0 Å². The first-order valence-corrected chi connectivity index (χ1v) is 2.92. The van der Waals surface area contributed by atoms with E-state index in [1.165, 1.54) is 6.08 Å². The second-order valence-electron chi connectivity index (χ2n) is 2.32. The first kappa shape index (κ1) is 6.46. The fourth-order valence-electron chi connectivity index (χ4n) is 0.895. The summed E-state index contributed by atoms with van der Waals surface area (Å²) in [6.07, 6.45) is 2.69. The summed E-state index contributed by atoms with van der Waals surface area (Å²) in [5.41, 5.74) is 0. The molecule has 0 aromatic carbocycles. The lowest BCUT2D eigenvalue weighted by molar-refractivity contribution is 0.508. The van der Waals surface area contributed by atoms with Crippen LogP contribution in [0.4, 0.5) is 8.78 Å². The van der Waals surface area contributed by atoms with Gasteiger partial charge in [0.25, 0.3) is 0 Å². The maximum absolute atomic E-state index is 12.3. The summed E-state index contributed by atoms with van der Waals surface area (Å²) < 4.78 is 24.5. The lowest BCUT2D eigenvalue weighted by Crippen LogP contribution is -1.95. The summed E-state index contributed by atoms with van der Waals surface area (Å²) in [4.78, 5) is 0. The monoisotopic (exact) mass is 130 g/mol. The minimum atomic E-state index is -0.453. The van der Waals surface area contributed by atoms with Gasteiger partial charge in [-0.1, -0.05) is 6.92 Å². The van der Waals surface area contributed by atoms with Crippen molar-refractivity contribution in [2.75, 3.05) is 0 Å². The smallest absolute Gasteiger partial charge is 0.122 e. The molecule has 0 heterocycles. The Morgan fingerprint density at radius 1 is 1.56 bits per heavy atom. The average molecular weight is 130 g/mol. The Morgan fingerprint density at radius 2 is 2.22 bits per heavy atom. The zero-order chi connectivity index (χ0) is 6.85. The SMILES string of the molecule is CC1C=C(F)C=C(F)C1. The molecule has 0 fully saturated rings. The molecular formula is C7H8F2. The minimum absolute atomic E-state index is 0.00926. The second-order valence-corrected chi connectivity index (χ2v) is 2.32. The van der Waals surface area contributed by atoms with Gasteiger partial charge < -0.3 is 0 Å². The third-order valence-electron chi connectivity index (χ3n) is 1.26. The fourth-order valence-corrected chi connectivity index (χ4v) is 0.895. The maximum atomic E-state index is 12.3. The number of halogens is 2. The molecule has 0 bridgehead atoms. The van der Waals surface area contributed by atoms with Crippen molar-refractivity contribution >= 4 is 0 Å². The van der Waals surface area contributed by atoms with E-state index in [0.29, 0.717) is 6.42 Å². The van der Waals surface area contributed by atoms with Gasteiger partial charge in [0.05, 0.1) is 0 Å². The lowest BCUT2D eigenvalue weighted by atomic mass is 10.0. The Bertz CT molecular complexity index is 168. The van der Waals surface area contributed by atoms with Gasteiger partial charge in [-0.25, -0.2) is 8.78 Å². The van der Waals surface area contributed by atoms with E-state index in [1.54, 1.807) is 6.92 Å². The highest BCUT2D eigenvalue weighted by Gasteiger charge is 2.09. The number of hydrogen-bond donors (Lipinski definition) is 0. The fraction of sp³-hybridized carbons (Fsp3) is 0.429. The molecule has 0 nitrogen and oxygen atoms in total. The predicted molar refractivity (Wildman–Crippen MR) is 32.2 cm³/mol. The first-order valence-electron chi connectivity index (χ1n) is 2.92. The van der Waals surface area contributed by atoms with Crippen LogP contribution in [0.2, 0.25) is 0 Å². The van der Waals surface area contributed by atoms with Crippen molar-refractivity contribution in [1.82, 2.24) is 0 Å². The van der Waals surface area contributed by atoms with E-state index in [1.807, 2.05) is 0 Å². The third kappa shape index (κ3) is 1.63. The van der Waals surface area contributed by atoms with Crippen LogP contribution in [0, 0.1) is 5.92 Å². The van der Waals surface area contributed by atoms with Gasteiger partial charge in [0.1, 0.15) is 11.7 Å². The van der Waals surface area contributed by atoms with E-state index in [4.69, 9.17) is 0 Å². The molecule has 0 radical (unpaired) electrons. The van der Waals surface area contributed by atoms with E-state index in [-0.39, 0.29) is 11.7 Å². The lowest BCUT2D eigenvalue weighted by Gasteiger charge is -2.07. The Balaban J connectivity index is 2.74. The summed E-state index contributed by atoms with van der Waals surface area (Å²) in [7, 11) is 0. The normalized spacial score (nSPS) is 27.2. The van der Waals surface area contributed by atoms with Gasteiger partial charge in [-0.3, -0.25) is 0 Å². The molecule has 0 aromatic heterocycles. The summed E-state index contributed by atoms with van der Waals surface area (Å²) in [5.74, 6) is -0.802. The zero-order valence-electron chi connectivity index (χ0n) is 5.20. The van der Waals surface area contributed by atoms with Crippen LogP contribution >= 0.6 is 0 Å². The molecule has 1 aliphatic carbocycles. The van der Waals surface area contributed by atoms with Crippen LogP contribution in [0.1, 0.15) is 13.3 Å². The third-order valence-corrected chi connectivity index (χ3v) is 1.26. The summed E-state index contributed by atoms with van der Waals surface area (Å²) >= 11 is 0. The van der Waals surface area contributed by atoms with Crippen LogP contribution < -0.4 is 0 Å². The number of rotatable bonds is 0. The van der Waals surface area contributed by atoms with E-state index >= 15 is 0 Å². The molecule has 2 heteroatoms. The molecule has 1 unspecified atom stereocenters. The Hall–Kier alpha value is -0.660. The van der Waals surface area contributed by atoms with Gasteiger partial charge in [0, 0.05) is 12.5 Å². The van der Waals surface area contributed by atoms with Crippen LogP contribution in [-0.4, -0.2) is 0 Å². The Kier molecular flexibility index (Phi) is 1.65. The van der Waals surface area contributed by atoms with Crippen LogP contribution in [0.5, 0.6) is 0 Å². The van der Waals surface area contributed by atoms with Gasteiger partial charge in [0.15, 0.2) is 0 Å². The van der Waals surface area contributed by atoms with Crippen LogP contribution in [0.25, 0.3) is 0 Å². The van der Waals surface area contributed by atoms with Crippen molar-refractivity contribution in [3.8, 4) is 0 Å². The number of hydrogen-bond acceptors (Lipinski definition) is 0. The molecule has 1 aliphatic rings. The van der Waals surface area contributed by atoms with E-state index < -0.39 is 5.83 Å². The van der Waals surface area contributed by atoms with Gasteiger partial charge in [-0.15, -0.1) is 0 Å². The molecule has 0 amide bonds. The van der Waals surface area contributed by atoms with Crippen molar-refractivity contribution in [3.05, 3.63) is 23.8 Å². The van der Waals surface area contributed by atoms with Gasteiger partial charge in [-0.05, 0) is 12.0 Å². The Morgan fingerprint density at radius 3 is 2.67 bits per heavy atom. The van der Waals surface area contributed by atoms with E-state index in [9.17, 15) is 8.78 Å². The highest BCUT2D eigenvalue weighted by molar-refractivity contribution is 5.20. The topological polar surface area (TPSA) is 0 Å². The first-order chi connectivity index (χ1) is 4.18. The summed E-state index contributed by atoms with van der Waals surface area (Å²) in [6.45, 7) is 1.78. The van der Waals surface area contributed by atoms with Crippen molar-refractivity contribution in [2.24, 2.45) is 5.92 Å².